The second kappa shape index (κ2) is 19.0. The number of aromatic nitrogens is 4. The van der Waals surface area contributed by atoms with Gasteiger partial charge in [0.05, 0.1) is 30.4 Å². The van der Waals surface area contributed by atoms with E-state index in [-0.39, 0.29) is 49.0 Å². The maximum Gasteiger partial charge on any atom is 0.268 e. The maximum absolute atomic E-state index is 9.60. The Hall–Kier alpha value is -8.11. The van der Waals surface area contributed by atoms with Crippen molar-refractivity contribution < 1.29 is 46.8 Å². The van der Waals surface area contributed by atoms with Gasteiger partial charge in [0.15, 0.2) is 0 Å². The molecule has 0 saturated heterocycles. The van der Waals surface area contributed by atoms with E-state index in [1.807, 2.05) is 110 Å². The van der Waals surface area contributed by atoms with Crippen LogP contribution in [0.4, 0.5) is 0 Å². The third kappa shape index (κ3) is 8.79. The van der Waals surface area contributed by atoms with E-state index in [0.29, 0.717) is 50.7 Å². The molecule has 71 heavy (non-hydrogen) atoms. The first-order valence-corrected chi connectivity index (χ1v) is 22.8. The van der Waals surface area contributed by atoms with Crippen molar-refractivity contribution in [3.05, 3.63) is 248 Å². The monoisotopic (exact) mass is 1110 g/mol. The van der Waals surface area contributed by atoms with Crippen LogP contribution < -0.4 is 9.30 Å². The van der Waals surface area contributed by atoms with Crippen molar-refractivity contribution in [2.45, 2.75) is 27.1 Å². The molecule has 0 bridgehead atoms. The minimum absolute atomic E-state index is 0. The fraction of sp³-hybridized carbons (Fsp3) is 0.0769. The average molecular weight is 1110 g/mol. The average Bonchev–Trinajstić information content (AvgIpc) is 3.39. The molecule has 3 heterocycles. The SMILES string of the molecule is [2H]c1c([2H])c([2H])c(-c2cccc(-c3c([2H])c([2H])c([2H])c([2H])c3[2H])c2-[n+]2[c-]n(-c3[c-]c(Oc4[c-]c5c(cc4)c4cc(-c6ccccc6)ccc4n5-c4cc(C([2H])([2H])C(C)(C)C)c(-c5ccccc5)cn4)ccc3)c3ccccc32)c([2H])c1[2H].[Pt]. The molecule has 0 atom stereocenters. The number of nitrogens with zero attached hydrogens (tertiary/aromatic N) is 4. The summed E-state index contributed by atoms with van der Waals surface area (Å²) in [6.45, 7) is 5.68. The summed E-state index contributed by atoms with van der Waals surface area (Å²) in [4.78, 5) is 5.06. The van der Waals surface area contributed by atoms with Crippen molar-refractivity contribution in [3.8, 4) is 73.2 Å². The van der Waals surface area contributed by atoms with E-state index in [0.717, 1.165) is 33.0 Å². The van der Waals surface area contributed by atoms with Crippen molar-refractivity contribution in [1.82, 2.24) is 14.1 Å². The molecule has 5 nitrogen and oxygen atoms in total. The van der Waals surface area contributed by atoms with Crippen LogP contribution in [-0.4, -0.2) is 14.1 Å². The van der Waals surface area contributed by atoms with Gasteiger partial charge >= 0.3 is 0 Å². The Balaban J connectivity index is 0.00000721. The van der Waals surface area contributed by atoms with Crippen LogP contribution in [0.1, 0.15) is 42.8 Å². The van der Waals surface area contributed by atoms with Crippen LogP contribution in [0.15, 0.2) is 224 Å². The van der Waals surface area contributed by atoms with E-state index in [9.17, 15) is 2.74 Å². The molecular weight excluding hydrogens is 1050 g/mol. The van der Waals surface area contributed by atoms with Crippen LogP contribution in [0.25, 0.3) is 94.5 Å². The smallest absolute Gasteiger partial charge is 0.268 e. The first kappa shape index (κ1) is 33.4. The van der Waals surface area contributed by atoms with Gasteiger partial charge in [0.25, 0.3) is 6.33 Å². The number of imidazole rings is 1. The minimum atomic E-state index is -1.80. The normalized spacial score (nSPS) is 14.1. The molecule has 0 saturated carbocycles. The van der Waals surface area contributed by atoms with Crippen molar-refractivity contribution in [3.63, 3.8) is 0 Å². The molecule has 0 aliphatic rings. The van der Waals surface area contributed by atoms with Gasteiger partial charge in [-0.15, -0.1) is 29.7 Å². The van der Waals surface area contributed by atoms with Gasteiger partial charge in [0.2, 0.25) is 0 Å². The van der Waals surface area contributed by atoms with Crippen LogP contribution in [0.2, 0.25) is 0 Å². The van der Waals surface area contributed by atoms with Crippen LogP contribution >= 0.6 is 0 Å². The van der Waals surface area contributed by atoms with Crippen LogP contribution in [-0.2, 0) is 27.4 Å². The Labute approximate surface area is 446 Å². The summed E-state index contributed by atoms with van der Waals surface area (Å²) in [6.07, 6.45) is 3.36. The number of hydrogen-bond acceptors (Lipinski definition) is 2. The molecule has 3 aromatic heterocycles. The Bertz CT molecular complexity index is 4430. The summed E-state index contributed by atoms with van der Waals surface area (Å²) >= 11 is 0. The molecule has 0 unspecified atom stereocenters. The predicted molar refractivity (Wildman–Crippen MR) is 285 cm³/mol. The molecule has 9 aromatic carbocycles. The number of rotatable bonds is 10. The molecule has 0 aliphatic carbocycles. The number of pyridine rings is 1. The quantitative estimate of drug-likeness (QED) is 0.101. The topological polar surface area (TPSA) is 35.9 Å². The third-order valence-corrected chi connectivity index (χ3v) is 12.0. The number of fused-ring (bicyclic) bond motifs is 4. The standard InChI is InChI=1S/C65H48N4O.Pt/c1-65(2,3)42-50-39-63(66-43-58(50)48-26-14-7-15-27-48)69-59-37-34-49(45-20-8-4-9-21-45)38-57(59)56-36-35-53(41-62(56)69)70-52-29-18-28-51(40-52)67-44-68(61-33-17-16-32-60(61)67)64-54(46-22-10-5-11-23-46)30-19-31-55(64)47-24-12-6-13-25-47;/h4-39,43H,42H2,1-3H3;/q-2;/i5D,6D,10D,11D,12D,13D,22D,23D,24D,25D,42D2;. The molecule has 12 rings (SSSR count). The van der Waals surface area contributed by atoms with E-state index in [1.54, 1.807) is 63.9 Å². The summed E-state index contributed by atoms with van der Waals surface area (Å²) < 4.78 is 119. The van der Waals surface area contributed by atoms with Gasteiger partial charge in [-0.05, 0) is 79.5 Å². The molecule has 0 radical (unpaired) electrons. The van der Waals surface area contributed by atoms with E-state index in [4.69, 9.17) is 23.4 Å². The molecule has 0 spiro atoms. The van der Waals surface area contributed by atoms with Crippen LogP contribution in [0.5, 0.6) is 11.5 Å². The van der Waals surface area contributed by atoms with Gasteiger partial charge in [0.1, 0.15) is 5.82 Å². The fourth-order valence-corrected chi connectivity index (χ4v) is 9.06. The van der Waals surface area contributed by atoms with Crippen LogP contribution in [0.3, 0.4) is 0 Å². The summed E-state index contributed by atoms with van der Waals surface area (Å²) in [7, 11) is 0. The Morgan fingerprint density at radius 2 is 1.23 bits per heavy atom. The minimum Gasteiger partial charge on any atom is -0.510 e. The molecule has 6 heteroatoms. The second-order valence-electron chi connectivity index (χ2n) is 17.8. The third-order valence-electron chi connectivity index (χ3n) is 12.0. The maximum atomic E-state index is 9.60. The molecular formula is C65H48N4OPt-2. The Morgan fingerprint density at radius 1 is 0.577 bits per heavy atom. The van der Waals surface area contributed by atoms with Crippen molar-refractivity contribution >= 4 is 32.8 Å². The van der Waals surface area contributed by atoms with Crippen molar-refractivity contribution in [1.29, 1.82) is 0 Å². The summed E-state index contributed by atoms with van der Waals surface area (Å²) in [5.74, 6) is 1.13. The molecule has 0 N–H and O–H groups in total. The van der Waals surface area contributed by atoms with Gasteiger partial charge in [-0.25, -0.2) is 4.98 Å². The zero-order valence-electron chi connectivity index (χ0n) is 50.6. The predicted octanol–water partition coefficient (Wildman–Crippen LogP) is 15.8. The summed E-state index contributed by atoms with van der Waals surface area (Å²) in [6, 6.07) is 50.5. The molecule has 0 amide bonds. The summed E-state index contributed by atoms with van der Waals surface area (Å²) in [5, 5.41) is 1.78. The van der Waals surface area contributed by atoms with Crippen LogP contribution in [0, 0.1) is 23.9 Å². The first-order valence-electron chi connectivity index (χ1n) is 28.8. The molecule has 0 fully saturated rings. The van der Waals surface area contributed by atoms with Gasteiger partial charge in [-0.2, -0.15) is 18.2 Å². The van der Waals surface area contributed by atoms with Gasteiger partial charge < -0.3 is 13.9 Å². The van der Waals surface area contributed by atoms with Crippen molar-refractivity contribution in [2.24, 2.45) is 5.41 Å². The molecule has 346 valence electrons. The van der Waals surface area contributed by atoms with E-state index in [2.05, 4.69) is 42.7 Å². The number of hydrogen-bond donors (Lipinski definition) is 0. The number of para-hydroxylation sites is 3. The van der Waals surface area contributed by atoms with E-state index in [1.165, 1.54) is 0 Å². The molecule has 12 aromatic rings. The van der Waals surface area contributed by atoms with Gasteiger partial charge in [-0.3, -0.25) is 4.57 Å². The number of benzene rings is 9. The fourth-order valence-electron chi connectivity index (χ4n) is 9.06. The molecule has 0 aliphatic heterocycles. The second-order valence-corrected chi connectivity index (χ2v) is 17.8. The van der Waals surface area contributed by atoms with Crippen molar-refractivity contribution in [2.75, 3.05) is 0 Å². The largest absolute Gasteiger partial charge is 0.510 e. The van der Waals surface area contributed by atoms with E-state index < -0.39 is 72.2 Å². The Kier molecular flexibility index (Phi) is 8.95. The van der Waals surface area contributed by atoms with Gasteiger partial charge in [0, 0.05) is 52.6 Å². The van der Waals surface area contributed by atoms with Gasteiger partial charge in [-0.1, -0.05) is 202 Å². The number of ether oxygens (including phenoxy) is 1. The zero-order chi connectivity index (χ0) is 57.7. The Morgan fingerprint density at radius 3 is 1.93 bits per heavy atom. The first-order chi connectivity index (χ1) is 39.2. The zero-order valence-corrected chi connectivity index (χ0v) is 40.9. The summed E-state index contributed by atoms with van der Waals surface area (Å²) in [5.41, 5.74) is 6.33. The van der Waals surface area contributed by atoms with E-state index >= 15 is 0 Å².